The monoisotopic (exact) mass is 307 g/mol. The summed E-state index contributed by atoms with van der Waals surface area (Å²) in [5, 5.41) is 9.72. The SMILES string of the molecule is N#Cc1c(OCOCc2ccccc2)c2ccccc2oc1=O. The first-order valence-corrected chi connectivity index (χ1v) is 7.00. The summed E-state index contributed by atoms with van der Waals surface area (Å²) in [6.45, 7) is 0.305. The van der Waals surface area contributed by atoms with Crippen molar-refractivity contribution < 1.29 is 13.9 Å². The van der Waals surface area contributed by atoms with Crippen molar-refractivity contribution in [3.63, 3.8) is 0 Å². The molecule has 0 aliphatic carbocycles. The van der Waals surface area contributed by atoms with E-state index in [1.54, 1.807) is 24.3 Å². The van der Waals surface area contributed by atoms with Gasteiger partial charge in [0.05, 0.1) is 12.0 Å². The normalized spacial score (nSPS) is 10.4. The molecule has 5 heteroatoms. The van der Waals surface area contributed by atoms with E-state index in [2.05, 4.69) is 0 Å². The van der Waals surface area contributed by atoms with Crippen molar-refractivity contribution in [1.29, 1.82) is 5.26 Å². The lowest BCUT2D eigenvalue weighted by molar-refractivity contribution is 0.00551. The van der Waals surface area contributed by atoms with Crippen LogP contribution in [0, 0.1) is 11.3 Å². The quantitative estimate of drug-likeness (QED) is 0.411. The summed E-state index contributed by atoms with van der Waals surface area (Å²) in [5.41, 5.74) is 0.500. The number of fused-ring (bicyclic) bond motifs is 1. The lowest BCUT2D eigenvalue weighted by Crippen LogP contribution is -2.10. The van der Waals surface area contributed by atoms with Crippen molar-refractivity contribution in [1.82, 2.24) is 0 Å². The van der Waals surface area contributed by atoms with Crippen molar-refractivity contribution in [2.45, 2.75) is 6.61 Å². The minimum atomic E-state index is -0.718. The molecule has 0 fully saturated rings. The average molecular weight is 307 g/mol. The molecule has 1 heterocycles. The number of hydrogen-bond acceptors (Lipinski definition) is 5. The van der Waals surface area contributed by atoms with Gasteiger partial charge in [0.25, 0.3) is 0 Å². The van der Waals surface area contributed by atoms with Gasteiger partial charge < -0.3 is 13.9 Å². The lowest BCUT2D eigenvalue weighted by atomic mass is 10.1. The fourth-order valence-corrected chi connectivity index (χ4v) is 2.20. The van der Waals surface area contributed by atoms with E-state index in [9.17, 15) is 4.79 Å². The Morgan fingerprint density at radius 3 is 2.57 bits per heavy atom. The van der Waals surface area contributed by atoms with E-state index in [0.29, 0.717) is 17.6 Å². The third kappa shape index (κ3) is 3.23. The highest BCUT2D eigenvalue weighted by atomic mass is 16.7. The molecule has 0 amide bonds. The maximum atomic E-state index is 11.8. The van der Waals surface area contributed by atoms with Gasteiger partial charge in [-0.2, -0.15) is 5.26 Å². The molecule has 3 rings (SSSR count). The topological polar surface area (TPSA) is 72.5 Å². The largest absolute Gasteiger partial charge is 0.465 e. The fraction of sp³-hybridized carbons (Fsp3) is 0.111. The number of para-hydroxylation sites is 1. The zero-order chi connectivity index (χ0) is 16.1. The third-order valence-corrected chi connectivity index (χ3v) is 3.28. The van der Waals surface area contributed by atoms with Crippen LogP contribution in [0.3, 0.4) is 0 Å². The number of nitriles is 1. The summed E-state index contributed by atoms with van der Waals surface area (Å²) in [6, 6.07) is 18.4. The van der Waals surface area contributed by atoms with Gasteiger partial charge in [-0.3, -0.25) is 0 Å². The Bertz CT molecular complexity index is 910. The molecule has 0 atom stereocenters. The van der Waals surface area contributed by atoms with Gasteiger partial charge in [0, 0.05) is 0 Å². The van der Waals surface area contributed by atoms with Crippen molar-refractivity contribution in [3.05, 3.63) is 76.1 Å². The van der Waals surface area contributed by atoms with Gasteiger partial charge in [0.15, 0.2) is 18.1 Å². The first-order chi connectivity index (χ1) is 11.3. The molecule has 0 saturated carbocycles. The molecule has 3 aromatic rings. The molecular weight excluding hydrogens is 294 g/mol. The van der Waals surface area contributed by atoms with E-state index >= 15 is 0 Å². The number of nitrogens with zero attached hydrogens (tertiary/aromatic N) is 1. The fourth-order valence-electron chi connectivity index (χ4n) is 2.20. The molecule has 5 nitrogen and oxygen atoms in total. The summed E-state index contributed by atoms with van der Waals surface area (Å²) in [7, 11) is 0. The van der Waals surface area contributed by atoms with Crippen LogP contribution in [0.5, 0.6) is 5.75 Å². The second kappa shape index (κ2) is 6.77. The molecular formula is C18H13NO4. The number of hydrogen-bond donors (Lipinski definition) is 0. The van der Waals surface area contributed by atoms with Crippen LogP contribution in [-0.2, 0) is 11.3 Å². The van der Waals surface area contributed by atoms with Crippen molar-refractivity contribution in [2.75, 3.05) is 6.79 Å². The Morgan fingerprint density at radius 2 is 1.78 bits per heavy atom. The first-order valence-electron chi connectivity index (χ1n) is 7.00. The minimum absolute atomic E-state index is 0.0724. The van der Waals surface area contributed by atoms with Crippen LogP contribution in [0.15, 0.2) is 63.8 Å². The molecule has 0 spiro atoms. The highest BCUT2D eigenvalue weighted by Gasteiger charge is 2.15. The first kappa shape index (κ1) is 14.8. The molecule has 23 heavy (non-hydrogen) atoms. The lowest BCUT2D eigenvalue weighted by Gasteiger charge is -2.10. The van der Waals surface area contributed by atoms with Gasteiger partial charge >= 0.3 is 5.63 Å². The summed E-state index contributed by atoms with van der Waals surface area (Å²) in [4.78, 5) is 11.8. The van der Waals surface area contributed by atoms with E-state index in [4.69, 9.17) is 19.2 Å². The molecule has 0 N–H and O–H groups in total. The third-order valence-electron chi connectivity index (χ3n) is 3.28. The Labute approximate surface area is 132 Å². The van der Waals surface area contributed by atoms with Gasteiger partial charge in [-0.05, 0) is 17.7 Å². The smallest absolute Gasteiger partial charge is 0.358 e. The summed E-state index contributed by atoms with van der Waals surface area (Å²) >= 11 is 0. The molecule has 0 radical (unpaired) electrons. The van der Waals surface area contributed by atoms with Crippen LogP contribution < -0.4 is 10.4 Å². The van der Waals surface area contributed by atoms with Crippen molar-refractivity contribution >= 4 is 11.0 Å². The molecule has 0 aliphatic rings. The zero-order valence-corrected chi connectivity index (χ0v) is 12.2. The van der Waals surface area contributed by atoms with Crippen LogP contribution in [0.2, 0.25) is 0 Å². The van der Waals surface area contributed by atoms with E-state index < -0.39 is 5.63 Å². The Balaban J connectivity index is 1.79. The van der Waals surface area contributed by atoms with Gasteiger partial charge in [0.2, 0.25) is 0 Å². The zero-order valence-electron chi connectivity index (χ0n) is 12.2. The van der Waals surface area contributed by atoms with Gasteiger partial charge in [-0.25, -0.2) is 4.79 Å². The number of rotatable bonds is 5. The highest BCUT2D eigenvalue weighted by Crippen LogP contribution is 2.27. The summed E-state index contributed by atoms with van der Waals surface area (Å²) in [6.07, 6.45) is 0. The van der Waals surface area contributed by atoms with Crippen LogP contribution in [-0.4, -0.2) is 6.79 Å². The summed E-state index contributed by atoms with van der Waals surface area (Å²) in [5.74, 6) is 0.187. The van der Waals surface area contributed by atoms with Crippen LogP contribution >= 0.6 is 0 Å². The standard InChI is InChI=1S/C18H13NO4/c19-10-15-17(14-8-4-5-9-16(14)23-18(15)20)22-12-21-11-13-6-2-1-3-7-13/h1-9H,11-12H2. The Kier molecular flexibility index (Phi) is 4.37. The van der Waals surface area contributed by atoms with Gasteiger partial charge in [0.1, 0.15) is 11.7 Å². The van der Waals surface area contributed by atoms with Crippen LogP contribution in [0.4, 0.5) is 0 Å². The molecule has 2 aromatic carbocycles. The highest BCUT2D eigenvalue weighted by molar-refractivity contribution is 5.85. The van der Waals surface area contributed by atoms with E-state index in [-0.39, 0.29) is 18.1 Å². The second-order valence-electron chi connectivity index (χ2n) is 4.80. The predicted octanol–water partition coefficient (Wildman–Crippen LogP) is 3.22. The molecule has 0 bridgehead atoms. The van der Waals surface area contributed by atoms with Gasteiger partial charge in [-0.1, -0.05) is 42.5 Å². The molecule has 1 aromatic heterocycles. The van der Waals surface area contributed by atoms with Crippen molar-refractivity contribution in [2.24, 2.45) is 0 Å². The number of ether oxygens (including phenoxy) is 2. The maximum absolute atomic E-state index is 11.8. The van der Waals surface area contributed by atoms with Crippen LogP contribution in [0.25, 0.3) is 11.0 Å². The van der Waals surface area contributed by atoms with Gasteiger partial charge in [-0.15, -0.1) is 0 Å². The molecule has 0 saturated heterocycles. The van der Waals surface area contributed by atoms with Crippen LogP contribution in [0.1, 0.15) is 11.1 Å². The number of benzene rings is 2. The van der Waals surface area contributed by atoms with Crippen molar-refractivity contribution in [3.8, 4) is 11.8 Å². The minimum Gasteiger partial charge on any atom is -0.465 e. The van der Waals surface area contributed by atoms with E-state index in [1.165, 1.54) is 0 Å². The van der Waals surface area contributed by atoms with E-state index in [1.807, 2.05) is 36.4 Å². The van der Waals surface area contributed by atoms with E-state index in [0.717, 1.165) is 5.56 Å². The Morgan fingerprint density at radius 1 is 1.04 bits per heavy atom. The molecule has 114 valence electrons. The molecule has 0 unspecified atom stereocenters. The maximum Gasteiger partial charge on any atom is 0.358 e. The average Bonchev–Trinajstić information content (AvgIpc) is 2.59. The summed E-state index contributed by atoms with van der Waals surface area (Å²) < 4.78 is 16.1. The Hall–Kier alpha value is -3.10. The molecule has 0 aliphatic heterocycles. The predicted molar refractivity (Wildman–Crippen MR) is 83.9 cm³/mol. The second-order valence-corrected chi connectivity index (χ2v) is 4.80.